The molecular weight excluding hydrogens is 505 g/mol. The lowest BCUT2D eigenvalue weighted by Crippen LogP contribution is -2.45. The zero-order valence-electron chi connectivity index (χ0n) is 18.1. The fourth-order valence-corrected chi connectivity index (χ4v) is 5.62. The van der Waals surface area contributed by atoms with Gasteiger partial charge in [-0.3, -0.25) is 4.79 Å². The van der Waals surface area contributed by atoms with Crippen molar-refractivity contribution in [1.29, 1.82) is 0 Å². The zero-order chi connectivity index (χ0) is 25.4. The van der Waals surface area contributed by atoms with Crippen LogP contribution in [0.2, 0.25) is 5.02 Å². The minimum atomic E-state index is -4.05. The molecule has 0 bridgehead atoms. The highest BCUT2D eigenvalue weighted by atomic mass is 35.5. The number of anilines is 1. The second-order valence-electron chi connectivity index (χ2n) is 8.15. The SMILES string of the molecule is O=C(Nc1cc(F)c(F)c(F)c1)c1cc(S(=O)(=O)N2CCC(O)(c3ccccc3)CC2)ccc1Cl. The molecule has 3 aromatic carbocycles. The van der Waals surface area contributed by atoms with Crippen LogP contribution in [-0.4, -0.2) is 36.8 Å². The Bertz CT molecular complexity index is 1360. The summed E-state index contributed by atoms with van der Waals surface area (Å²) < 4.78 is 67.8. The molecule has 1 aliphatic rings. The average Bonchev–Trinajstić information content (AvgIpc) is 2.83. The summed E-state index contributed by atoms with van der Waals surface area (Å²) in [5.74, 6) is -5.61. The minimum Gasteiger partial charge on any atom is -0.385 e. The number of piperidine rings is 1. The third kappa shape index (κ3) is 5.06. The van der Waals surface area contributed by atoms with Crippen molar-refractivity contribution in [3.63, 3.8) is 0 Å². The summed E-state index contributed by atoms with van der Waals surface area (Å²) in [5, 5.41) is 13.1. The summed E-state index contributed by atoms with van der Waals surface area (Å²) in [7, 11) is -4.05. The highest BCUT2D eigenvalue weighted by Crippen LogP contribution is 2.35. The van der Waals surface area contributed by atoms with Crippen molar-refractivity contribution in [1.82, 2.24) is 4.31 Å². The summed E-state index contributed by atoms with van der Waals surface area (Å²) in [6.07, 6.45) is 0.359. The van der Waals surface area contributed by atoms with Gasteiger partial charge < -0.3 is 10.4 Å². The fraction of sp³-hybridized carbons (Fsp3) is 0.208. The number of nitrogens with one attached hydrogen (secondary N) is 1. The Kier molecular flexibility index (Phi) is 6.92. The number of rotatable bonds is 5. The predicted molar refractivity (Wildman–Crippen MR) is 124 cm³/mol. The van der Waals surface area contributed by atoms with E-state index in [0.717, 1.165) is 6.07 Å². The van der Waals surface area contributed by atoms with Crippen molar-refractivity contribution < 1.29 is 31.5 Å². The number of aliphatic hydroxyl groups is 1. The van der Waals surface area contributed by atoms with E-state index in [0.29, 0.717) is 17.7 Å². The van der Waals surface area contributed by atoms with Crippen LogP contribution >= 0.6 is 11.6 Å². The molecule has 1 fully saturated rings. The van der Waals surface area contributed by atoms with Gasteiger partial charge in [0.2, 0.25) is 10.0 Å². The summed E-state index contributed by atoms with van der Waals surface area (Å²) in [4.78, 5) is 12.5. The molecule has 35 heavy (non-hydrogen) atoms. The fourth-order valence-electron chi connectivity index (χ4n) is 3.95. The summed E-state index contributed by atoms with van der Waals surface area (Å²) in [5.41, 5.74) is -1.07. The van der Waals surface area contributed by atoms with Crippen LogP contribution in [0.15, 0.2) is 65.6 Å². The van der Waals surface area contributed by atoms with E-state index in [-0.39, 0.29) is 47.1 Å². The predicted octanol–water partition coefficient (Wildman–Crippen LogP) is 4.68. The van der Waals surface area contributed by atoms with Gasteiger partial charge in [-0.1, -0.05) is 41.9 Å². The monoisotopic (exact) mass is 524 g/mol. The smallest absolute Gasteiger partial charge is 0.257 e. The van der Waals surface area contributed by atoms with E-state index in [2.05, 4.69) is 5.32 Å². The molecule has 4 rings (SSSR count). The maximum atomic E-state index is 13.5. The number of nitrogens with zero attached hydrogens (tertiary/aromatic N) is 1. The van der Waals surface area contributed by atoms with Crippen molar-refractivity contribution in [2.45, 2.75) is 23.3 Å². The van der Waals surface area contributed by atoms with E-state index in [9.17, 15) is 31.5 Å². The quantitative estimate of drug-likeness (QED) is 0.474. The standard InChI is InChI=1S/C24H20ClF3N2O4S/c25-19-7-6-17(14-18(19)23(31)29-16-12-20(26)22(28)21(27)13-16)35(33,34)30-10-8-24(32,9-11-30)15-4-2-1-3-5-15/h1-7,12-14,32H,8-11H2,(H,29,31). The number of carbonyl (C=O) groups excluding carboxylic acids is 1. The molecular formula is C24H20ClF3N2O4S. The van der Waals surface area contributed by atoms with Crippen LogP contribution in [0.25, 0.3) is 0 Å². The molecule has 1 saturated heterocycles. The Labute approximate surface area is 205 Å². The molecule has 2 N–H and O–H groups in total. The van der Waals surface area contributed by atoms with Crippen molar-refractivity contribution in [2.75, 3.05) is 18.4 Å². The molecule has 0 saturated carbocycles. The van der Waals surface area contributed by atoms with Crippen LogP contribution in [0, 0.1) is 17.5 Å². The van der Waals surface area contributed by atoms with Gasteiger partial charge in [-0.15, -0.1) is 0 Å². The molecule has 0 radical (unpaired) electrons. The molecule has 0 aliphatic carbocycles. The van der Waals surface area contributed by atoms with E-state index < -0.39 is 39.0 Å². The molecule has 1 amide bonds. The molecule has 0 unspecified atom stereocenters. The van der Waals surface area contributed by atoms with E-state index in [1.165, 1.54) is 16.4 Å². The van der Waals surface area contributed by atoms with Crippen LogP contribution in [0.5, 0.6) is 0 Å². The summed E-state index contributed by atoms with van der Waals surface area (Å²) in [6, 6.07) is 13.7. The molecule has 184 valence electrons. The average molecular weight is 525 g/mol. The van der Waals surface area contributed by atoms with Crippen LogP contribution in [0.4, 0.5) is 18.9 Å². The minimum absolute atomic E-state index is 0.0476. The van der Waals surface area contributed by atoms with Crippen molar-refractivity contribution in [2.24, 2.45) is 0 Å². The van der Waals surface area contributed by atoms with Gasteiger partial charge in [0.15, 0.2) is 17.5 Å². The molecule has 0 aromatic heterocycles. The highest BCUT2D eigenvalue weighted by molar-refractivity contribution is 7.89. The Hall–Kier alpha value is -2.92. The topological polar surface area (TPSA) is 86.7 Å². The van der Waals surface area contributed by atoms with Gasteiger partial charge in [0.25, 0.3) is 5.91 Å². The molecule has 6 nitrogen and oxygen atoms in total. The molecule has 0 atom stereocenters. The van der Waals surface area contributed by atoms with E-state index in [1.54, 1.807) is 24.3 Å². The molecule has 1 heterocycles. The van der Waals surface area contributed by atoms with Crippen LogP contribution in [0.3, 0.4) is 0 Å². The number of hydrogen-bond acceptors (Lipinski definition) is 4. The van der Waals surface area contributed by atoms with Gasteiger partial charge in [-0.05, 0) is 36.6 Å². The third-order valence-electron chi connectivity index (χ3n) is 5.92. The van der Waals surface area contributed by atoms with Crippen LogP contribution in [-0.2, 0) is 15.6 Å². The number of amides is 1. The van der Waals surface area contributed by atoms with Gasteiger partial charge in [0.1, 0.15) is 0 Å². The molecule has 0 spiro atoms. The Morgan fingerprint density at radius 2 is 1.57 bits per heavy atom. The Morgan fingerprint density at radius 3 is 2.17 bits per heavy atom. The Balaban J connectivity index is 1.54. The maximum absolute atomic E-state index is 13.5. The summed E-state index contributed by atoms with van der Waals surface area (Å²) >= 11 is 6.08. The Morgan fingerprint density at radius 1 is 0.971 bits per heavy atom. The van der Waals surface area contributed by atoms with E-state index in [4.69, 9.17) is 11.6 Å². The lowest BCUT2D eigenvalue weighted by molar-refractivity contribution is -0.00961. The number of halogens is 4. The maximum Gasteiger partial charge on any atom is 0.257 e. The first kappa shape index (κ1) is 25.2. The van der Waals surface area contributed by atoms with Crippen molar-refractivity contribution in [3.05, 3.63) is 94.3 Å². The van der Waals surface area contributed by atoms with E-state index in [1.807, 2.05) is 6.07 Å². The molecule has 1 aliphatic heterocycles. The molecule has 3 aromatic rings. The second kappa shape index (κ2) is 9.62. The van der Waals surface area contributed by atoms with Gasteiger partial charge >= 0.3 is 0 Å². The number of hydrogen-bond donors (Lipinski definition) is 2. The van der Waals surface area contributed by atoms with Crippen LogP contribution in [0.1, 0.15) is 28.8 Å². The van der Waals surface area contributed by atoms with E-state index >= 15 is 0 Å². The number of carbonyl (C=O) groups is 1. The zero-order valence-corrected chi connectivity index (χ0v) is 19.7. The summed E-state index contributed by atoms with van der Waals surface area (Å²) in [6.45, 7) is 0.0953. The molecule has 11 heteroatoms. The van der Waals surface area contributed by atoms with Gasteiger partial charge in [0.05, 0.1) is 21.1 Å². The number of benzene rings is 3. The van der Waals surface area contributed by atoms with Crippen molar-refractivity contribution >= 4 is 33.2 Å². The first-order valence-electron chi connectivity index (χ1n) is 10.5. The lowest BCUT2D eigenvalue weighted by Gasteiger charge is -2.37. The number of sulfonamides is 1. The van der Waals surface area contributed by atoms with Gasteiger partial charge in [0, 0.05) is 30.9 Å². The van der Waals surface area contributed by atoms with Gasteiger partial charge in [-0.2, -0.15) is 4.31 Å². The van der Waals surface area contributed by atoms with Crippen LogP contribution < -0.4 is 5.32 Å². The first-order valence-corrected chi connectivity index (χ1v) is 12.4. The lowest BCUT2D eigenvalue weighted by atomic mass is 9.85. The largest absolute Gasteiger partial charge is 0.385 e. The van der Waals surface area contributed by atoms with Crippen molar-refractivity contribution in [3.8, 4) is 0 Å². The highest BCUT2D eigenvalue weighted by Gasteiger charge is 2.38. The van der Waals surface area contributed by atoms with Gasteiger partial charge in [-0.25, -0.2) is 21.6 Å². The third-order valence-corrected chi connectivity index (χ3v) is 8.15. The first-order chi connectivity index (χ1) is 16.5. The second-order valence-corrected chi connectivity index (χ2v) is 10.5. The normalized spacial score (nSPS) is 16.1.